The summed E-state index contributed by atoms with van der Waals surface area (Å²) in [6.07, 6.45) is 0. The average molecular weight is 197 g/mol. The maximum absolute atomic E-state index is 8.59. The maximum Gasteiger partial charge on any atom is 0.188 e. The van der Waals surface area contributed by atoms with Gasteiger partial charge in [-0.05, 0) is 24.3 Å². The van der Waals surface area contributed by atoms with Crippen LogP contribution in [0.3, 0.4) is 0 Å². The SMILES string of the molecule is COCOc1ccc(NCCO)cc1. The zero-order valence-electron chi connectivity index (χ0n) is 8.19. The third kappa shape index (κ3) is 3.64. The highest BCUT2D eigenvalue weighted by Crippen LogP contribution is 2.15. The topological polar surface area (TPSA) is 50.7 Å². The van der Waals surface area contributed by atoms with E-state index in [1.165, 1.54) is 0 Å². The number of aliphatic hydroxyl groups is 1. The summed E-state index contributed by atoms with van der Waals surface area (Å²) in [7, 11) is 1.58. The Bertz CT molecular complexity index is 221. The molecule has 0 aliphatic heterocycles. The first-order valence-corrected chi connectivity index (χ1v) is 4.43. The Labute approximate surface area is 83.5 Å². The fourth-order valence-electron chi connectivity index (χ4n) is 0.996. The first-order chi connectivity index (χ1) is 6.86. The molecule has 0 unspecified atom stereocenters. The Hall–Kier alpha value is -1.26. The van der Waals surface area contributed by atoms with Crippen molar-refractivity contribution in [2.75, 3.05) is 32.4 Å². The molecule has 4 heteroatoms. The molecule has 0 fully saturated rings. The molecule has 1 aromatic carbocycles. The zero-order valence-corrected chi connectivity index (χ0v) is 8.19. The van der Waals surface area contributed by atoms with Gasteiger partial charge >= 0.3 is 0 Å². The van der Waals surface area contributed by atoms with Crippen molar-refractivity contribution >= 4 is 5.69 Å². The molecule has 0 bridgehead atoms. The molecule has 14 heavy (non-hydrogen) atoms. The molecule has 1 aromatic rings. The van der Waals surface area contributed by atoms with Crippen LogP contribution in [0.25, 0.3) is 0 Å². The van der Waals surface area contributed by atoms with E-state index in [9.17, 15) is 0 Å². The Morgan fingerprint density at radius 3 is 2.57 bits per heavy atom. The lowest BCUT2D eigenvalue weighted by molar-refractivity contribution is 0.0511. The van der Waals surface area contributed by atoms with Gasteiger partial charge in [-0.25, -0.2) is 0 Å². The largest absolute Gasteiger partial charge is 0.468 e. The van der Waals surface area contributed by atoms with Crippen LogP contribution in [-0.4, -0.2) is 32.2 Å². The summed E-state index contributed by atoms with van der Waals surface area (Å²) in [5.41, 5.74) is 0.962. The van der Waals surface area contributed by atoms with Crippen LogP contribution in [0.2, 0.25) is 0 Å². The van der Waals surface area contributed by atoms with Crippen LogP contribution in [-0.2, 0) is 4.74 Å². The van der Waals surface area contributed by atoms with Gasteiger partial charge in [-0.15, -0.1) is 0 Å². The van der Waals surface area contributed by atoms with E-state index >= 15 is 0 Å². The predicted octanol–water partition coefficient (Wildman–Crippen LogP) is 1.07. The van der Waals surface area contributed by atoms with Gasteiger partial charge in [0.15, 0.2) is 6.79 Å². The van der Waals surface area contributed by atoms with Crippen molar-refractivity contribution in [1.82, 2.24) is 0 Å². The number of hydrogen-bond donors (Lipinski definition) is 2. The summed E-state index contributed by atoms with van der Waals surface area (Å²) in [5, 5.41) is 11.6. The number of rotatable bonds is 6. The van der Waals surface area contributed by atoms with Gasteiger partial charge in [0.05, 0.1) is 6.61 Å². The molecule has 2 N–H and O–H groups in total. The van der Waals surface area contributed by atoms with E-state index in [2.05, 4.69) is 5.32 Å². The van der Waals surface area contributed by atoms with Crippen LogP contribution in [0.4, 0.5) is 5.69 Å². The van der Waals surface area contributed by atoms with Crippen LogP contribution in [0, 0.1) is 0 Å². The number of anilines is 1. The number of aliphatic hydroxyl groups excluding tert-OH is 1. The summed E-state index contributed by atoms with van der Waals surface area (Å²) in [6, 6.07) is 7.47. The van der Waals surface area contributed by atoms with Crippen LogP contribution in [0.1, 0.15) is 0 Å². The molecule has 0 saturated carbocycles. The highest BCUT2D eigenvalue weighted by Gasteiger charge is 1.93. The van der Waals surface area contributed by atoms with E-state index in [0.29, 0.717) is 6.54 Å². The zero-order chi connectivity index (χ0) is 10.2. The maximum atomic E-state index is 8.59. The number of nitrogens with one attached hydrogen (secondary N) is 1. The molecule has 0 atom stereocenters. The first-order valence-electron chi connectivity index (χ1n) is 4.43. The highest BCUT2D eigenvalue weighted by molar-refractivity contribution is 5.46. The van der Waals surface area contributed by atoms with Gasteiger partial charge in [0.2, 0.25) is 0 Å². The normalized spacial score (nSPS) is 9.86. The number of methoxy groups -OCH3 is 1. The predicted molar refractivity (Wildman–Crippen MR) is 54.5 cm³/mol. The van der Waals surface area contributed by atoms with Gasteiger partial charge in [-0.2, -0.15) is 0 Å². The standard InChI is InChI=1S/C10H15NO3/c1-13-8-14-10-4-2-9(3-5-10)11-6-7-12/h2-5,11-12H,6-8H2,1H3. The molecule has 0 aliphatic carbocycles. The highest BCUT2D eigenvalue weighted by atomic mass is 16.7. The summed E-state index contributed by atoms with van der Waals surface area (Å²) in [4.78, 5) is 0. The van der Waals surface area contributed by atoms with Gasteiger partial charge in [-0.1, -0.05) is 0 Å². The Morgan fingerprint density at radius 2 is 2.00 bits per heavy atom. The summed E-state index contributed by atoms with van der Waals surface area (Å²) in [6.45, 7) is 0.934. The van der Waals surface area contributed by atoms with Gasteiger partial charge in [0.1, 0.15) is 5.75 Å². The van der Waals surface area contributed by atoms with Crippen molar-refractivity contribution in [3.05, 3.63) is 24.3 Å². The molecule has 1 rings (SSSR count). The van der Waals surface area contributed by atoms with Crippen LogP contribution >= 0.6 is 0 Å². The minimum Gasteiger partial charge on any atom is -0.468 e. The minimum atomic E-state index is 0.127. The van der Waals surface area contributed by atoms with E-state index < -0.39 is 0 Å². The van der Waals surface area contributed by atoms with Crippen LogP contribution < -0.4 is 10.1 Å². The van der Waals surface area contributed by atoms with Gasteiger partial charge in [0.25, 0.3) is 0 Å². The molecule has 4 nitrogen and oxygen atoms in total. The van der Waals surface area contributed by atoms with Crippen molar-refractivity contribution in [2.45, 2.75) is 0 Å². The fourth-order valence-corrected chi connectivity index (χ4v) is 0.996. The van der Waals surface area contributed by atoms with Gasteiger partial charge in [0, 0.05) is 19.3 Å². The molecule has 0 aromatic heterocycles. The molecule has 78 valence electrons. The second kappa shape index (κ2) is 6.23. The van der Waals surface area contributed by atoms with Crippen molar-refractivity contribution in [3.8, 4) is 5.75 Å². The van der Waals surface area contributed by atoms with Gasteiger partial charge in [-0.3, -0.25) is 0 Å². The molecular formula is C10H15NO3. The van der Waals surface area contributed by atoms with E-state index in [4.69, 9.17) is 14.6 Å². The third-order valence-corrected chi connectivity index (χ3v) is 1.64. The smallest absolute Gasteiger partial charge is 0.188 e. The Balaban J connectivity index is 2.42. The Morgan fingerprint density at radius 1 is 1.29 bits per heavy atom. The molecular weight excluding hydrogens is 182 g/mol. The molecule has 0 amide bonds. The number of ether oxygens (including phenoxy) is 2. The van der Waals surface area contributed by atoms with E-state index in [0.717, 1.165) is 11.4 Å². The molecule has 0 spiro atoms. The molecule has 0 aliphatic rings. The second-order valence-corrected chi connectivity index (χ2v) is 2.73. The van der Waals surface area contributed by atoms with Crippen molar-refractivity contribution in [2.24, 2.45) is 0 Å². The lowest BCUT2D eigenvalue weighted by atomic mass is 10.3. The quantitative estimate of drug-likeness (QED) is 0.670. The van der Waals surface area contributed by atoms with E-state index in [1.807, 2.05) is 24.3 Å². The number of benzene rings is 1. The van der Waals surface area contributed by atoms with Crippen molar-refractivity contribution in [3.63, 3.8) is 0 Å². The summed E-state index contributed by atoms with van der Waals surface area (Å²) >= 11 is 0. The molecule has 0 heterocycles. The fraction of sp³-hybridized carbons (Fsp3) is 0.400. The van der Waals surface area contributed by atoms with Crippen LogP contribution in [0.5, 0.6) is 5.75 Å². The van der Waals surface area contributed by atoms with Crippen molar-refractivity contribution < 1.29 is 14.6 Å². The minimum absolute atomic E-state index is 0.127. The lowest BCUT2D eigenvalue weighted by Gasteiger charge is -2.06. The Kier molecular flexibility index (Phi) is 4.82. The number of hydrogen-bond acceptors (Lipinski definition) is 4. The third-order valence-electron chi connectivity index (χ3n) is 1.64. The van der Waals surface area contributed by atoms with E-state index in [1.54, 1.807) is 7.11 Å². The van der Waals surface area contributed by atoms with Crippen LogP contribution in [0.15, 0.2) is 24.3 Å². The van der Waals surface area contributed by atoms with E-state index in [-0.39, 0.29) is 13.4 Å². The molecule has 0 radical (unpaired) electrons. The first kappa shape index (κ1) is 10.8. The molecule has 0 saturated heterocycles. The lowest BCUT2D eigenvalue weighted by Crippen LogP contribution is -2.05. The van der Waals surface area contributed by atoms with Gasteiger partial charge < -0.3 is 19.9 Å². The second-order valence-electron chi connectivity index (χ2n) is 2.73. The van der Waals surface area contributed by atoms with Crippen molar-refractivity contribution in [1.29, 1.82) is 0 Å². The average Bonchev–Trinajstić information content (AvgIpc) is 2.25. The summed E-state index contributed by atoms with van der Waals surface area (Å²) < 4.78 is 9.99. The monoisotopic (exact) mass is 197 g/mol. The summed E-state index contributed by atoms with van der Waals surface area (Å²) in [5.74, 6) is 0.765.